The maximum atomic E-state index is 12.5. The minimum Gasteiger partial charge on any atom is -0.492 e. The van der Waals surface area contributed by atoms with Crippen LogP contribution in [0.2, 0.25) is 5.02 Å². The van der Waals surface area contributed by atoms with Crippen molar-refractivity contribution in [1.29, 1.82) is 0 Å². The van der Waals surface area contributed by atoms with E-state index in [1.165, 1.54) is 0 Å². The van der Waals surface area contributed by atoms with Crippen LogP contribution < -0.4 is 19.5 Å². The van der Waals surface area contributed by atoms with Crippen LogP contribution in [0, 0.1) is 0 Å². The first kappa shape index (κ1) is 23.7. The molecule has 8 heteroatoms. The van der Waals surface area contributed by atoms with Gasteiger partial charge < -0.3 is 24.3 Å². The fraction of sp³-hybridized carbons (Fsp3) is 0.480. The number of ether oxygens (including phenoxy) is 4. The first-order chi connectivity index (χ1) is 16.1. The quantitative estimate of drug-likeness (QED) is 0.600. The van der Waals surface area contributed by atoms with Crippen molar-refractivity contribution >= 4 is 17.5 Å². The average Bonchev–Trinajstić information content (AvgIpc) is 2.83. The van der Waals surface area contributed by atoms with E-state index in [0.717, 1.165) is 49.5 Å². The van der Waals surface area contributed by atoms with Gasteiger partial charge in [-0.25, -0.2) is 0 Å². The van der Waals surface area contributed by atoms with Crippen molar-refractivity contribution in [2.24, 2.45) is 0 Å². The SMILES string of the molecule is CN(CCOc1cccc(CNC(=O)Cc2cc(Cl)c3c(c2)OCCO3)c1)C1CCOCC1. The van der Waals surface area contributed by atoms with Gasteiger partial charge in [0.25, 0.3) is 0 Å². The summed E-state index contributed by atoms with van der Waals surface area (Å²) in [6.45, 7) is 4.54. The lowest BCUT2D eigenvalue weighted by atomic mass is 10.1. The number of carbonyl (C=O) groups is 1. The molecular formula is C25H31ClN2O5. The van der Waals surface area contributed by atoms with Crippen LogP contribution in [0.25, 0.3) is 0 Å². The molecule has 2 aliphatic rings. The zero-order chi connectivity index (χ0) is 23.0. The van der Waals surface area contributed by atoms with Crippen LogP contribution in [0.1, 0.15) is 24.0 Å². The Morgan fingerprint density at radius 1 is 1.12 bits per heavy atom. The molecule has 1 saturated heterocycles. The molecule has 4 rings (SSSR count). The monoisotopic (exact) mass is 474 g/mol. The highest BCUT2D eigenvalue weighted by Crippen LogP contribution is 2.38. The van der Waals surface area contributed by atoms with Crippen molar-refractivity contribution in [1.82, 2.24) is 10.2 Å². The molecule has 7 nitrogen and oxygen atoms in total. The number of nitrogens with one attached hydrogen (secondary N) is 1. The van der Waals surface area contributed by atoms with Crippen LogP contribution >= 0.6 is 11.6 Å². The Kier molecular flexibility index (Phi) is 8.31. The smallest absolute Gasteiger partial charge is 0.224 e. The maximum Gasteiger partial charge on any atom is 0.224 e. The van der Waals surface area contributed by atoms with Gasteiger partial charge >= 0.3 is 0 Å². The second-order valence-corrected chi connectivity index (χ2v) is 8.78. The van der Waals surface area contributed by atoms with Gasteiger partial charge in [0.05, 0.1) is 11.4 Å². The van der Waals surface area contributed by atoms with Gasteiger partial charge in [-0.3, -0.25) is 9.69 Å². The molecule has 0 radical (unpaired) electrons. The standard InChI is InChI=1S/C25H31ClN2O5/c1-28(20-5-8-30-9-6-20)7-10-31-21-4-2-3-18(13-21)17-27-24(29)16-19-14-22(26)25-23(15-19)32-11-12-33-25/h2-4,13-15,20H,5-12,16-17H2,1H3,(H,27,29). The second kappa shape index (κ2) is 11.6. The molecule has 0 aliphatic carbocycles. The summed E-state index contributed by atoms with van der Waals surface area (Å²) in [5, 5.41) is 3.42. The van der Waals surface area contributed by atoms with Crippen molar-refractivity contribution in [3.05, 3.63) is 52.5 Å². The van der Waals surface area contributed by atoms with E-state index >= 15 is 0 Å². The molecule has 2 aromatic carbocycles. The average molecular weight is 475 g/mol. The highest BCUT2D eigenvalue weighted by Gasteiger charge is 2.19. The van der Waals surface area contributed by atoms with E-state index in [1.807, 2.05) is 30.3 Å². The molecule has 33 heavy (non-hydrogen) atoms. The third-order valence-electron chi connectivity index (χ3n) is 5.94. The molecule has 1 amide bonds. The molecule has 2 heterocycles. The van der Waals surface area contributed by atoms with Gasteiger partial charge in [0, 0.05) is 32.3 Å². The Balaban J connectivity index is 1.23. The van der Waals surface area contributed by atoms with E-state index < -0.39 is 0 Å². The topological polar surface area (TPSA) is 69.3 Å². The summed E-state index contributed by atoms with van der Waals surface area (Å²) in [7, 11) is 2.14. The van der Waals surface area contributed by atoms with Gasteiger partial charge in [-0.2, -0.15) is 0 Å². The molecule has 0 aromatic heterocycles. The molecule has 0 atom stereocenters. The van der Waals surface area contributed by atoms with Crippen molar-refractivity contribution < 1.29 is 23.7 Å². The summed E-state index contributed by atoms with van der Waals surface area (Å²) in [5.74, 6) is 1.85. The molecule has 0 spiro atoms. The molecule has 0 bridgehead atoms. The third kappa shape index (κ3) is 6.76. The highest BCUT2D eigenvalue weighted by molar-refractivity contribution is 6.32. The Labute approximate surface area is 199 Å². The zero-order valence-corrected chi connectivity index (χ0v) is 19.7. The maximum absolute atomic E-state index is 12.5. The minimum absolute atomic E-state index is 0.0906. The molecule has 178 valence electrons. The van der Waals surface area contributed by atoms with Crippen molar-refractivity contribution in [2.45, 2.75) is 31.8 Å². The van der Waals surface area contributed by atoms with Crippen molar-refractivity contribution in [3.8, 4) is 17.2 Å². The third-order valence-corrected chi connectivity index (χ3v) is 6.22. The fourth-order valence-electron chi connectivity index (χ4n) is 4.08. The molecule has 2 aromatic rings. The first-order valence-electron chi connectivity index (χ1n) is 11.4. The van der Waals surface area contributed by atoms with Crippen LogP contribution in [0.15, 0.2) is 36.4 Å². The number of nitrogens with zero attached hydrogens (tertiary/aromatic N) is 1. The van der Waals surface area contributed by atoms with Crippen LogP contribution in [0.5, 0.6) is 17.2 Å². The molecule has 0 unspecified atom stereocenters. The molecule has 2 aliphatic heterocycles. The van der Waals surface area contributed by atoms with Gasteiger partial charge in [0.15, 0.2) is 11.5 Å². The minimum atomic E-state index is -0.0906. The molecule has 1 fully saturated rings. The molecule has 0 saturated carbocycles. The Morgan fingerprint density at radius 2 is 1.94 bits per heavy atom. The summed E-state index contributed by atoms with van der Waals surface area (Å²) in [4.78, 5) is 14.8. The molecule has 1 N–H and O–H groups in total. The summed E-state index contributed by atoms with van der Waals surface area (Å²) in [6.07, 6.45) is 2.36. The number of amides is 1. The highest BCUT2D eigenvalue weighted by atomic mass is 35.5. The predicted molar refractivity (Wildman–Crippen MR) is 126 cm³/mol. The number of likely N-dealkylation sites (N-methyl/N-ethyl adjacent to an activating group) is 1. The fourth-order valence-corrected chi connectivity index (χ4v) is 4.36. The van der Waals surface area contributed by atoms with Gasteiger partial charge in [0.2, 0.25) is 5.91 Å². The van der Waals surface area contributed by atoms with Crippen LogP contribution in [0.3, 0.4) is 0 Å². The number of benzene rings is 2. The zero-order valence-electron chi connectivity index (χ0n) is 19.0. The number of carbonyl (C=O) groups excluding carboxylic acids is 1. The predicted octanol–water partition coefficient (Wildman–Crippen LogP) is 3.46. The lowest BCUT2D eigenvalue weighted by Crippen LogP contribution is -2.38. The van der Waals surface area contributed by atoms with E-state index in [9.17, 15) is 4.79 Å². The molecular weight excluding hydrogens is 444 g/mol. The van der Waals surface area contributed by atoms with Gasteiger partial charge in [-0.05, 0) is 55.3 Å². The van der Waals surface area contributed by atoms with E-state index in [2.05, 4.69) is 17.3 Å². The first-order valence-corrected chi connectivity index (χ1v) is 11.8. The number of rotatable bonds is 9. The van der Waals surface area contributed by atoms with Crippen molar-refractivity contribution in [2.75, 3.05) is 46.6 Å². The Morgan fingerprint density at radius 3 is 2.79 bits per heavy atom. The van der Waals surface area contributed by atoms with Gasteiger partial charge in [-0.15, -0.1) is 0 Å². The number of hydrogen-bond donors (Lipinski definition) is 1. The van der Waals surface area contributed by atoms with E-state index in [0.29, 0.717) is 48.9 Å². The van der Waals surface area contributed by atoms with E-state index in [1.54, 1.807) is 6.07 Å². The van der Waals surface area contributed by atoms with Crippen LogP contribution in [-0.2, 0) is 22.5 Å². The van der Waals surface area contributed by atoms with E-state index in [4.69, 9.17) is 30.5 Å². The van der Waals surface area contributed by atoms with Crippen molar-refractivity contribution in [3.63, 3.8) is 0 Å². The van der Waals surface area contributed by atoms with Crippen LogP contribution in [-0.4, -0.2) is 63.5 Å². The lowest BCUT2D eigenvalue weighted by molar-refractivity contribution is -0.120. The van der Waals surface area contributed by atoms with Gasteiger partial charge in [-0.1, -0.05) is 23.7 Å². The Bertz CT molecular complexity index is 948. The number of halogens is 1. The summed E-state index contributed by atoms with van der Waals surface area (Å²) in [5.41, 5.74) is 1.77. The van der Waals surface area contributed by atoms with Gasteiger partial charge in [0.1, 0.15) is 25.6 Å². The largest absolute Gasteiger partial charge is 0.492 e. The number of fused-ring (bicyclic) bond motifs is 1. The summed E-state index contributed by atoms with van der Waals surface area (Å²) < 4.78 is 22.5. The van der Waals surface area contributed by atoms with Crippen LogP contribution in [0.4, 0.5) is 0 Å². The Hall–Kier alpha value is -2.48. The normalized spacial score (nSPS) is 16.0. The summed E-state index contributed by atoms with van der Waals surface area (Å²) >= 11 is 6.27. The second-order valence-electron chi connectivity index (χ2n) is 8.38. The number of hydrogen-bond acceptors (Lipinski definition) is 6. The van der Waals surface area contributed by atoms with E-state index in [-0.39, 0.29) is 12.3 Å². The lowest BCUT2D eigenvalue weighted by Gasteiger charge is -2.31. The summed E-state index contributed by atoms with van der Waals surface area (Å²) in [6, 6.07) is 12.0.